The topological polar surface area (TPSA) is 122 Å². The van der Waals surface area contributed by atoms with E-state index < -0.39 is 5.97 Å². The summed E-state index contributed by atoms with van der Waals surface area (Å²) in [4.78, 5) is 24.4. The highest BCUT2D eigenvalue weighted by Gasteiger charge is 2.28. The Morgan fingerprint density at radius 3 is 2.70 bits per heavy atom. The summed E-state index contributed by atoms with van der Waals surface area (Å²) in [6.07, 6.45) is 6.44. The number of aromatic carboxylic acids is 1. The number of carboxylic acid groups (broad SMARTS) is 1. The number of phenolic OH excluding ortho intramolecular Hbond substituents is 1. The van der Waals surface area contributed by atoms with E-state index >= 15 is 0 Å². The Kier molecular flexibility index (Phi) is 5.12. The molecule has 0 unspecified atom stereocenters. The lowest BCUT2D eigenvalue weighted by atomic mass is 9.85. The Morgan fingerprint density at radius 1 is 1.13 bits per heavy atom. The molecule has 7 heteroatoms. The summed E-state index contributed by atoms with van der Waals surface area (Å²) in [6, 6.07) is 9.31. The predicted molar refractivity (Wildman–Crippen MR) is 111 cm³/mol. The van der Waals surface area contributed by atoms with Crippen LogP contribution in [0.4, 0.5) is 0 Å². The van der Waals surface area contributed by atoms with Crippen LogP contribution in [0.15, 0.2) is 66.0 Å². The molecule has 7 nitrogen and oxygen atoms in total. The van der Waals surface area contributed by atoms with Crippen molar-refractivity contribution in [1.29, 1.82) is 0 Å². The Morgan fingerprint density at radius 2 is 1.93 bits per heavy atom. The summed E-state index contributed by atoms with van der Waals surface area (Å²) in [5, 5.41) is 22.4. The Bertz CT molecular complexity index is 1140. The van der Waals surface area contributed by atoms with E-state index in [2.05, 4.69) is 5.32 Å². The fraction of sp³-hybridized carbons (Fsp3) is 0.130. The molecule has 0 bridgehead atoms. The third kappa shape index (κ3) is 3.46. The number of rotatable bonds is 5. The second-order valence-corrected chi connectivity index (χ2v) is 6.89. The smallest absolute Gasteiger partial charge is 0.336 e. The van der Waals surface area contributed by atoms with Crippen LogP contribution in [-0.2, 0) is 0 Å². The molecule has 0 fully saturated rings. The van der Waals surface area contributed by atoms with Crippen LogP contribution < -0.4 is 15.8 Å². The second kappa shape index (κ2) is 7.88. The number of nitrogens with one attached hydrogen (secondary N) is 1. The Hall–Kier alpha value is -3.84. The number of allylic oxidation sites excluding steroid dienone is 3. The maximum Gasteiger partial charge on any atom is 0.336 e. The number of amides is 1. The van der Waals surface area contributed by atoms with E-state index in [0.29, 0.717) is 41.2 Å². The van der Waals surface area contributed by atoms with Gasteiger partial charge in [0.25, 0.3) is 5.91 Å². The van der Waals surface area contributed by atoms with Crippen molar-refractivity contribution in [3.63, 3.8) is 0 Å². The molecule has 2 aromatic rings. The number of carboxylic acids is 1. The van der Waals surface area contributed by atoms with Gasteiger partial charge in [0.05, 0.1) is 5.56 Å². The normalized spacial score (nSPS) is 14.4. The number of ether oxygens (including phenoxy) is 1. The zero-order chi connectivity index (χ0) is 21.3. The van der Waals surface area contributed by atoms with Gasteiger partial charge in [-0.1, -0.05) is 18.2 Å². The van der Waals surface area contributed by atoms with Crippen LogP contribution in [0, 0.1) is 0 Å². The minimum atomic E-state index is -1.15. The summed E-state index contributed by atoms with van der Waals surface area (Å²) in [6.45, 7) is 0.586. The average Bonchev–Trinajstić information content (AvgIpc) is 2.75. The Labute approximate surface area is 172 Å². The van der Waals surface area contributed by atoms with Crippen molar-refractivity contribution < 1.29 is 24.5 Å². The highest BCUT2D eigenvalue weighted by molar-refractivity contribution is 6.03. The first-order valence-corrected chi connectivity index (χ1v) is 9.48. The molecular weight excluding hydrogens is 384 g/mol. The molecule has 152 valence electrons. The number of carbonyl (C=O) groups excluding carboxylic acids is 1. The van der Waals surface area contributed by atoms with E-state index in [-0.39, 0.29) is 29.3 Å². The number of fused-ring (bicyclic) bond motifs is 2. The van der Waals surface area contributed by atoms with Crippen molar-refractivity contribution in [3.8, 4) is 11.5 Å². The van der Waals surface area contributed by atoms with E-state index in [0.717, 1.165) is 5.57 Å². The first-order chi connectivity index (χ1) is 14.5. The summed E-state index contributed by atoms with van der Waals surface area (Å²) >= 11 is 0. The average molecular weight is 404 g/mol. The van der Waals surface area contributed by atoms with Gasteiger partial charge in [0.1, 0.15) is 17.3 Å². The van der Waals surface area contributed by atoms with Crippen LogP contribution in [0.3, 0.4) is 0 Å². The van der Waals surface area contributed by atoms with Gasteiger partial charge in [-0.25, -0.2) is 4.79 Å². The molecule has 1 amide bonds. The van der Waals surface area contributed by atoms with E-state index in [1.807, 2.05) is 18.2 Å². The third-order valence-electron chi connectivity index (χ3n) is 4.92. The van der Waals surface area contributed by atoms with Crippen LogP contribution >= 0.6 is 0 Å². The lowest BCUT2D eigenvalue weighted by Gasteiger charge is -2.27. The fourth-order valence-electron chi connectivity index (χ4n) is 3.58. The largest absolute Gasteiger partial charge is 0.508 e. The van der Waals surface area contributed by atoms with Gasteiger partial charge in [-0.05, 0) is 42.3 Å². The first-order valence-electron chi connectivity index (χ1n) is 9.48. The number of phenols is 1. The number of nitrogens with two attached hydrogens (primary N) is 1. The van der Waals surface area contributed by atoms with Gasteiger partial charge in [0, 0.05) is 41.4 Å². The SMILES string of the molecule is NCCNC(=O)c1ccc(C2=C3C=CCC=C3Oc3cc(O)ccc32)c(C(=O)O)c1. The molecule has 30 heavy (non-hydrogen) atoms. The lowest BCUT2D eigenvalue weighted by Crippen LogP contribution is -2.29. The molecule has 0 spiro atoms. The summed E-state index contributed by atoms with van der Waals surface area (Å²) < 4.78 is 5.94. The van der Waals surface area contributed by atoms with Gasteiger partial charge in [-0.15, -0.1) is 0 Å². The highest BCUT2D eigenvalue weighted by Crippen LogP contribution is 2.45. The van der Waals surface area contributed by atoms with E-state index in [9.17, 15) is 19.8 Å². The van der Waals surface area contributed by atoms with Gasteiger partial charge in [-0.3, -0.25) is 4.79 Å². The standard InChI is InChI=1S/C23H20N2O5/c24-9-10-25-22(27)13-5-7-15(18(11-13)23(28)29)21-16-3-1-2-4-19(16)30-20-12-14(26)6-8-17(20)21/h1,3-8,11-12,26H,2,9-10,24H2,(H,25,27)(H,28,29). The minimum absolute atomic E-state index is 0.00264. The molecule has 0 radical (unpaired) electrons. The molecule has 0 saturated carbocycles. The number of benzene rings is 2. The monoisotopic (exact) mass is 404 g/mol. The quantitative estimate of drug-likeness (QED) is 0.608. The highest BCUT2D eigenvalue weighted by atomic mass is 16.5. The molecule has 0 aromatic heterocycles. The van der Waals surface area contributed by atoms with E-state index in [4.69, 9.17) is 10.5 Å². The zero-order valence-corrected chi connectivity index (χ0v) is 16.0. The van der Waals surface area contributed by atoms with Gasteiger partial charge in [0.15, 0.2) is 0 Å². The molecule has 1 aliphatic carbocycles. The van der Waals surface area contributed by atoms with E-state index in [1.54, 1.807) is 18.2 Å². The summed E-state index contributed by atoms with van der Waals surface area (Å²) in [7, 11) is 0. The van der Waals surface area contributed by atoms with Crippen LogP contribution in [0.1, 0.15) is 38.3 Å². The van der Waals surface area contributed by atoms with Crippen molar-refractivity contribution in [2.45, 2.75) is 6.42 Å². The fourth-order valence-corrected chi connectivity index (χ4v) is 3.58. The Balaban J connectivity index is 1.91. The van der Waals surface area contributed by atoms with Crippen LogP contribution in [-0.4, -0.2) is 35.2 Å². The molecule has 0 saturated heterocycles. The van der Waals surface area contributed by atoms with Crippen molar-refractivity contribution >= 4 is 17.4 Å². The molecule has 2 aliphatic rings. The third-order valence-corrected chi connectivity index (χ3v) is 4.92. The van der Waals surface area contributed by atoms with Gasteiger partial charge in [0.2, 0.25) is 0 Å². The minimum Gasteiger partial charge on any atom is -0.508 e. The van der Waals surface area contributed by atoms with Crippen molar-refractivity contribution in [2.75, 3.05) is 13.1 Å². The molecule has 5 N–H and O–H groups in total. The van der Waals surface area contributed by atoms with Crippen LogP contribution in [0.2, 0.25) is 0 Å². The van der Waals surface area contributed by atoms with Gasteiger partial charge < -0.3 is 26.0 Å². The lowest BCUT2D eigenvalue weighted by molar-refractivity contribution is 0.0696. The summed E-state index contributed by atoms with van der Waals surface area (Å²) in [5.41, 5.74) is 8.20. The molecule has 4 rings (SSSR count). The van der Waals surface area contributed by atoms with Crippen molar-refractivity contribution in [3.05, 3.63) is 88.2 Å². The molecule has 1 aliphatic heterocycles. The number of carbonyl (C=O) groups is 2. The number of aromatic hydroxyl groups is 1. The summed E-state index contributed by atoms with van der Waals surface area (Å²) in [5.74, 6) is -0.441. The molecular formula is C23H20N2O5. The van der Waals surface area contributed by atoms with Gasteiger partial charge >= 0.3 is 5.97 Å². The maximum atomic E-state index is 12.3. The second-order valence-electron chi connectivity index (χ2n) is 6.89. The van der Waals surface area contributed by atoms with Crippen LogP contribution in [0.25, 0.3) is 5.57 Å². The molecule has 0 atom stereocenters. The van der Waals surface area contributed by atoms with E-state index in [1.165, 1.54) is 18.2 Å². The number of hydrogen-bond acceptors (Lipinski definition) is 5. The van der Waals surface area contributed by atoms with Crippen LogP contribution in [0.5, 0.6) is 11.5 Å². The molecule has 1 heterocycles. The maximum absolute atomic E-state index is 12.3. The van der Waals surface area contributed by atoms with Crippen molar-refractivity contribution in [2.24, 2.45) is 5.73 Å². The zero-order valence-electron chi connectivity index (χ0n) is 16.0. The predicted octanol–water partition coefficient (Wildman–Crippen LogP) is 2.82. The van der Waals surface area contributed by atoms with Gasteiger partial charge in [-0.2, -0.15) is 0 Å². The first kappa shape index (κ1) is 19.5. The van der Waals surface area contributed by atoms with Crippen molar-refractivity contribution in [1.82, 2.24) is 5.32 Å². The molecule has 2 aromatic carbocycles. The number of hydrogen-bond donors (Lipinski definition) is 4.